The van der Waals surface area contributed by atoms with Gasteiger partial charge in [-0.05, 0) is 25.0 Å². The van der Waals surface area contributed by atoms with Gasteiger partial charge >= 0.3 is 0 Å². The van der Waals surface area contributed by atoms with E-state index in [0.29, 0.717) is 13.2 Å². The van der Waals surface area contributed by atoms with E-state index in [0.717, 1.165) is 13.1 Å². The van der Waals surface area contributed by atoms with E-state index in [1.165, 1.54) is 11.1 Å². The predicted octanol–water partition coefficient (Wildman–Crippen LogP) is 1.94. The van der Waals surface area contributed by atoms with E-state index >= 15 is 0 Å². The predicted molar refractivity (Wildman–Crippen MR) is 80.5 cm³/mol. The number of ether oxygens (including phenoxy) is 2. The minimum atomic E-state index is 0.232. The molecular weight excluding hydrogens is 252 g/mol. The van der Waals surface area contributed by atoms with E-state index < -0.39 is 0 Å². The van der Waals surface area contributed by atoms with Gasteiger partial charge in [0.1, 0.15) is 0 Å². The lowest BCUT2D eigenvalue weighted by molar-refractivity contribution is -0.0801. The van der Waals surface area contributed by atoms with Gasteiger partial charge in [-0.3, -0.25) is 4.90 Å². The molecule has 0 spiro atoms. The molecule has 1 saturated heterocycles. The fourth-order valence-electron chi connectivity index (χ4n) is 3.09. The number of nitrogens with zero attached hydrogens (tertiary/aromatic N) is 1. The second-order valence-corrected chi connectivity index (χ2v) is 5.59. The van der Waals surface area contributed by atoms with Crippen LogP contribution in [0.1, 0.15) is 31.0 Å². The average Bonchev–Trinajstić information content (AvgIpc) is 2.41. The van der Waals surface area contributed by atoms with E-state index in [2.05, 4.69) is 43.0 Å². The summed E-state index contributed by atoms with van der Waals surface area (Å²) in [5.74, 6) is 0. The summed E-state index contributed by atoms with van der Waals surface area (Å²) in [6, 6.07) is 8.64. The van der Waals surface area contributed by atoms with E-state index in [1.54, 1.807) is 7.11 Å². The van der Waals surface area contributed by atoms with E-state index in [1.807, 2.05) is 0 Å². The van der Waals surface area contributed by atoms with Gasteiger partial charge in [0.15, 0.2) is 0 Å². The first-order chi connectivity index (χ1) is 9.65. The molecule has 1 aromatic carbocycles. The Bertz CT molecular complexity index is 415. The van der Waals surface area contributed by atoms with Crippen molar-refractivity contribution in [2.45, 2.75) is 38.7 Å². The molecule has 4 heteroatoms. The average molecular weight is 278 g/mol. The third-order valence-corrected chi connectivity index (χ3v) is 3.83. The van der Waals surface area contributed by atoms with Crippen molar-refractivity contribution < 1.29 is 9.47 Å². The number of rotatable bonds is 5. The number of nitrogens with two attached hydrogens (primary N) is 1. The highest BCUT2D eigenvalue weighted by atomic mass is 16.5. The van der Waals surface area contributed by atoms with Crippen molar-refractivity contribution in [3.63, 3.8) is 0 Å². The van der Waals surface area contributed by atoms with Gasteiger partial charge in [0.25, 0.3) is 0 Å². The summed E-state index contributed by atoms with van der Waals surface area (Å²) in [6.45, 7) is 7.33. The smallest absolute Gasteiger partial charge is 0.0716 e. The fraction of sp³-hybridized carbons (Fsp3) is 0.625. The number of hydrogen-bond donors (Lipinski definition) is 1. The molecule has 1 unspecified atom stereocenters. The van der Waals surface area contributed by atoms with Crippen LogP contribution in [0.3, 0.4) is 0 Å². The molecule has 1 aliphatic heterocycles. The maximum Gasteiger partial charge on any atom is 0.0716 e. The van der Waals surface area contributed by atoms with Crippen LogP contribution >= 0.6 is 0 Å². The van der Waals surface area contributed by atoms with Crippen LogP contribution in [0.5, 0.6) is 0 Å². The zero-order valence-electron chi connectivity index (χ0n) is 12.7. The zero-order valence-corrected chi connectivity index (χ0v) is 12.7. The van der Waals surface area contributed by atoms with Gasteiger partial charge in [0.05, 0.1) is 18.8 Å². The summed E-state index contributed by atoms with van der Waals surface area (Å²) in [4.78, 5) is 2.44. The summed E-state index contributed by atoms with van der Waals surface area (Å²) in [5.41, 5.74) is 8.56. The lowest BCUT2D eigenvalue weighted by Crippen LogP contribution is -2.48. The highest BCUT2D eigenvalue weighted by molar-refractivity contribution is 5.30. The molecule has 0 amide bonds. The first-order valence-electron chi connectivity index (χ1n) is 7.32. The van der Waals surface area contributed by atoms with Crippen LogP contribution in [-0.2, 0) is 16.1 Å². The third kappa shape index (κ3) is 3.58. The maximum atomic E-state index is 6.07. The van der Waals surface area contributed by atoms with E-state index in [-0.39, 0.29) is 18.2 Å². The molecule has 4 nitrogen and oxygen atoms in total. The van der Waals surface area contributed by atoms with Crippen LogP contribution in [0.2, 0.25) is 0 Å². The Morgan fingerprint density at radius 2 is 1.95 bits per heavy atom. The highest BCUT2D eigenvalue weighted by Crippen LogP contribution is 2.27. The second kappa shape index (κ2) is 7.18. The Kier molecular flexibility index (Phi) is 5.54. The largest absolute Gasteiger partial charge is 0.380 e. The number of methoxy groups -OCH3 is 1. The van der Waals surface area contributed by atoms with Crippen molar-refractivity contribution in [2.75, 3.05) is 26.7 Å². The molecule has 0 aliphatic carbocycles. The van der Waals surface area contributed by atoms with Gasteiger partial charge in [-0.2, -0.15) is 0 Å². The molecule has 112 valence electrons. The van der Waals surface area contributed by atoms with Crippen LogP contribution in [0, 0.1) is 0 Å². The molecule has 0 aromatic heterocycles. The lowest BCUT2D eigenvalue weighted by Gasteiger charge is -2.40. The molecule has 0 saturated carbocycles. The molecule has 2 rings (SSSR count). The number of benzene rings is 1. The van der Waals surface area contributed by atoms with Gasteiger partial charge in [0, 0.05) is 32.8 Å². The van der Waals surface area contributed by atoms with Crippen molar-refractivity contribution >= 4 is 0 Å². The van der Waals surface area contributed by atoms with E-state index in [9.17, 15) is 0 Å². The van der Waals surface area contributed by atoms with Gasteiger partial charge in [-0.25, -0.2) is 0 Å². The van der Waals surface area contributed by atoms with Crippen molar-refractivity contribution in [3.8, 4) is 0 Å². The van der Waals surface area contributed by atoms with Gasteiger partial charge in [0.2, 0.25) is 0 Å². The second-order valence-electron chi connectivity index (χ2n) is 5.59. The van der Waals surface area contributed by atoms with Gasteiger partial charge in [-0.15, -0.1) is 0 Å². The first-order valence-corrected chi connectivity index (χ1v) is 7.32. The standard InChI is InChI=1S/C16H26N2O2/c1-12-9-18(10-13(2)20-12)16(8-17)15-7-5-4-6-14(15)11-19-3/h4-7,12-13,16H,8-11,17H2,1-3H3/t12-,13+,16?. The number of morpholine rings is 1. The fourth-order valence-corrected chi connectivity index (χ4v) is 3.09. The SMILES string of the molecule is COCc1ccccc1C(CN)N1C[C@@H](C)O[C@@H](C)C1. The van der Waals surface area contributed by atoms with Gasteiger partial charge in [-0.1, -0.05) is 24.3 Å². The normalized spacial score (nSPS) is 25.6. The van der Waals surface area contributed by atoms with Crippen LogP contribution in [-0.4, -0.2) is 43.9 Å². The highest BCUT2D eigenvalue weighted by Gasteiger charge is 2.29. The van der Waals surface area contributed by atoms with Crippen molar-refractivity contribution in [3.05, 3.63) is 35.4 Å². The lowest BCUT2D eigenvalue weighted by atomic mass is 9.98. The monoisotopic (exact) mass is 278 g/mol. The minimum Gasteiger partial charge on any atom is -0.380 e. The quantitative estimate of drug-likeness (QED) is 0.894. The van der Waals surface area contributed by atoms with E-state index in [4.69, 9.17) is 15.2 Å². The molecule has 1 fully saturated rings. The summed E-state index contributed by atoms with van der Waals surface area (Å²) in [5, 5.41) is 0. The topological polar surface area (TPSA) is 47.7 Å². The molecule has 0 radical (unpaired) electrons. The van der Waals surface area contributed by atoms with Crippen molar-refractivity contribution in [1.82, 2.24) is 4.90 Å². The zero-order chi connectivity index (χ0) is 14.5. The van der Waals surface area contributed by atoms with Gasteiger partial charge < -0.3 is 15.2 Å². The van der Waals surface area contributed by atoms with Crippen LogP contribution in [0.25, 0.3) is 0 Å². The molecule has 1 heterocycles. The Labute approximate surface area is 121 Å². The molecule has 1 aromatic rings. The first kappa shape index (κ1) is 15.4. The summed E-state index contributed by atoms with van der Waals surface area (Å²) in [6.07, 6.45) is 0.504. The molecule has 1 aliphatic rings. The Morgan fingerprint density at radius 1 is 1.30 bits per heavy atom. The summed E-state index contributed by atoms with van der Waals surface area (Å²) >= 11 is 0. The minimum absolute atomic E-state index is 0.232. The van der Waals surface area contributed by atoms with Crippen LogP contribution < -0.4 is 5.73 Å². The third-order valence-electron chi connectivity index (χ3n) is 3.83. The molecule has 2 N–H and O–H groups in total. The molecule has 20 heavy (non-hydrogen) atoms. The molecular formula is C16H26N2O2. The van der Waals surface area contributed by atoms with Crippen molar-refractivity contribution in [1.29, 1.82) is 0 Å². The Hall–Kier alpha value is -0.940. The molecule has 0 bridgehead atoms. The Morgan fingerprint density at radius 3 is 2.55 bits per heavy atom. The Balaban J connectivity index is 2.23. The summed E-state index contributed by atoms with van der Waals surface area (Å²) < 4.78 is 11.1. The van der Waals surface area contributed by atoms with Crippen molar-refractivity contribution in [2.24, 2.45) is 5.73 Å². The summed E-state index contributed by atoms with van der Waals surface area (Å²) in [7, 11) is 1.73. The van der Waals surface area contributed by atoms with Crippen LogP contribution in [0.15, 0.2) is 24.3 Å². The molecule has 3 atom stereocenters. The maximum absolute atomic E-state index is 6.07. The van der Waals surface area contributed by atoms with Crippen LogP contribution in [0.4, 0.5) is 0 Å². The number of hydrogen-bond acceptors (Lipinski definition) is 4.